The van der Waals surface area contributed by atoms with E-state index < -0.39 is 0 Å². The highest BCUT2D eigenvalue weighted by molar-refractivity contribution is 7.25. The van der Waals surface area contributed by atoms with Crippen LogP contribution < -0.4 is 0 Å². The van der Waals surface area contributed by atoms with E-state index in [2.05, 4.69) is 111 Å². The summed E-state index contributed by atoms with van der Waals surface area (Å²) in [6.07, 6.45) is 0. The third-order valence-electron chi connectivity index (χ3n) is 12.7. The number of fused-ring (bicyclic) bond motifs is 6. The molecule has 322 valence electrons. The van der Waals surface area contributed by atoms with Gasteiger partial charge in [-0.15, -0.1) is 11.3 Å². The zero-order valence-electron chi connectivity index (χ0n) is 37.0. The second-order valence-corrected chi connectivity index (χ2v) is 17.9. The van der Waals surface area contributed by atoms with Gasteiger partial charge in [0.1, 0.15) is 0 Å². The molecule has 0 amide bonds. The Morgan fingerprint density at radius 2 is 0.943 bits per heavy atom. The Morgan fingerprint density at radius 1 is 0.414 bits per heavy atom. The third-order valence-corrected chi connectivity index (χ3v) is 13.8. The molecule has 0 atom stereocenters. The molecular weight excluding hydrogens is 877 g/mol. The molecule has 0 unspecified atom stereocenters. The topological polar surface area (TPSA) is 99.9 Å². The number of hydrogen-bond acceptors (Lipinski definition) is 6. The number of benzene rings is 9. The molecule has 3 heterocycles. The highest BCUT2D eigenvalue weighted by Gasteiger charge is 2.23. The van der Waals surface area contributed by atoms with Crippen LogP contribution in [0, 0.1) is 35.8 Å². The van der Waals surface area contributed by atoms with Gasteiger partial charge in [0.25, 0.3) is 0 Å². The zero-order chi connectivity index (χ0) is 47.3. The minimum Gasteiger partial charge on any atom is -0.308 e. The van der Waals surface area contributed by atoms with Crippen molar-refractivity contribution in [2.45, 2.75) is 0 Å². The fourth-order valence-electron chi connectivity index (χ4n) is 9.47. The van der Waals surface area contributed by atoms with Gasteiger partial charge >= 0.3 is 0 Å². The van der Waals surface area contributed by atoms with Gasteiger partial charge in [-0.2, -0.15) is 10.5 Å². The first kappa shape index (κ1) is 41.4. The van der Waals surface area contributed by atoms with Crippen LogP contribution in [-0.2, 0) is 0 Å². The van der Waals surface area contributed by atoms with Crippen LogP contribution in [-0.4, -0.2) is 19.5 Å². The van der Waals surface area contributed by atoms with Gasteiger partial charge in [-0.3, -0.25) is 0 Å². The highest BCUT2D eigenvalue weighted by Crippen LogP contribution is 2.44. The maximum atomic E-state index is 9.99. The van der Waals surface area contributed by atoms with Crippen molar-refractivity contribution in [2.75, 3.05) is 0 Å². The molecule has 8 nitrogen and oxygen atoms in total. The van der Waals surface area contributed by atoms with Crippen LogP contribution >= 0.6 is 11.3 Å². The standard InChI is InChI=1S/C61H32N8S/c1-64-46-28-37(35-62)26-44(30-46)41-20-23-49-50-24-21-42(45-27-38(36-63)29-47(31-45)65-2)34-55(50)69(54(49)33-41)53-25-22-43(48-17-11-19-57-58(48)51-16-9-10-18-56(51)70-57)32-52(53)61-67-59(39-12-5-3-6-13-39)66-60(68-61)40-14-7-4-8-15-40/h3-34H. The monoisotopic (exact) mass is 908 g/mol. The second kappa shape index (κ2) is 17.0. The van der Waals surface area contributed by atoms with Crippen molar-refractivity contribution in [3.05, 3.63) is 228 Å². The number of thiophene rings is 1. The van der Waals surface area contributed by atoms with Gasteiger partial charge in [0.15, 0.2) is 28.8 Å². The van der Waals surface area contributed by atoms with E-state index in [1.54, 1.807) is 23.5 Å². The maximum Gasteiger partial charge on any atom is 0.189 e. The lowest BCUT2D eigenvalue weighted by atomic mass is 9.96. The molecule has 0 aliphatic heterocycles. The Labute approximate surface area is 406 Å². The molecule has 0 aliphatic rings. The number of nitriles is 2. The Bertz CT molecular complexity index is 4040. The lowest BCUT2D eigenvalue weighted by molar-refractivity contribution is 1.06. The minimum atomic E-state index is 0.377. The second-order valence-electron chi connectivity index (χ2n) is 16.8. The van der Waals surface area contributed by atoms with Gasteiger partial charge < -0.3 is 4.57 Å². The van der Waals surface area contributed by atoms with E-state index in [1.807, 2.05) is 97.1 Å². The van der Waals surface area contributed by atoms with Gasteiger partial charge in [-0.25, -0.2) is 24.6 Å². The predicted octanol–water partition coefficient (Wildman–Crippen LogP) is 16.2. The molecule has 3 aromatic heterocycles. The predicted molar refractivity (Wildman–Crippen MR) is 282 cm³/mol. The van der Waals surface area contributed by atoms with Gasteiger partial charge in [0.05, 0.1) is 42.0 Å². The molecular formula is C61H32N8S. The minimum absolute atomic E-state index is 0.377. The summed E-state index contributed by atoms with van der Waals surface area (Å²) < 4.78 is 4.64. The van der Waals surface area contributed by atoms with Crippen molar-refractivity contribution in [3.63, 3.8) is 0 Å². The normalized spacial score (nSPS) is 11.1. The quantitative estimate of drug-likeness (QED) is 0.148. The summed E-state index contributed by atoms with van der Waals surface area (Å²) in [5.74, 6) is 1.53. The SMILES string of the molecule is [C-]#[N+]c1cc(C#N)cc(-c2ccc3c4ccc(-c5cc(C#N)cc([N+]#[C-])c5)cc4n(-c4ccc(-c5cccc6sc7ccccc7c56)cc4-c4nc(-c5ccccc5)nc(-c5ccccc5)n4)c3c2)c1. The number of nitrogens with zero attached hydrogens (tertiary/aromatic N) is 8. The fraction of sp³-hybridized carbons (Fsp3) is 0. The number of hydrogen-bond donors (Lipinski definition) is 0. The molecule has 9 aromatic carbocycles. The fourth-order valence-corrected chi connectivity index (χ4v) is 10.6. The molecule has 12 rings (SSSR count). The van der Waals surface area contributed by atoms with E-state index in [0.717, 1.165) is 77.6 Å². The van der Waals surface area contributed by atoms with E-state index >= 15 is 0 Å². The molecule has 0 saturated heterocycles. The van der Waals surface area contributed by atoms with E-state index in [1.165, 1.54) is 20.2 Å². The summed E-state index contributed by atoms with van der Waals surface area (Å²) in [6.45, 7) is 15.7. The Hall–Kier alpha value is -10.0. The summed E-state index contributed by atoms with van der Waals surface area (Å²) in [5.41, 5.74) is 11.7. The number of aromatic nitrogens is 4. The van der Waals surface area contributed by atoms with Gasteiger partial charge in [0, 0.05) is 58.8 Å². The average molecular weight is 909 g/mol. The maximum absolute atomic E-state index is 9.99. The Morgan fingerprint density at radius 3 is 1.51 bits per heavy atom. The summed E-state index contributed by atoms with van der Waals surface area (Å²) in [5, 5.41) is 24.3. The zero-order valence-corrected chi connectivity index (χ0v) is 37.8. The van der Waals surface area contributed by atoms with Gasteiger partial charge in [0.2, 0.25) is 0 Å². The van der Waals surface area contributed by atoms with Crippen LogP contribution in [0.15, 0.2) is 194 Å². The van der Waals surface area contributed by atoms with Gasteiger partial charge in [-0.05, 0) is 106 Å². The lowest BCUT2D eigenvalue weighted by Crippen LogP contribution is -2.04. The van der Waals surface area contributed by atoms with E-state index in [-0.39, 0.29) is 0 Å². The van der Waals surface area contributed by atoms with Crippen LogP contribution in [0.3, 0.4) is 0 Å². The van der Waals surface area contributed by atoms with Crippen molar-refractivity contribution < 1.29 is 0 Å². The van der Waals surface area contributed by atoms with E-state index in [4.69, 9.17) is 28.1 Å². The third kappa shape index (κ3) is 7.17. The molecule has 0 N–H and O–H groups in total. The van der Waals surface area contributed by atoms with Gasteiger partial charge in [-0.1, -0.05) is 121 Å². The molecule has 0 spiro atoms. The molecule has 70 heavy (non-hydrogen) atoms. The van der Waals surface area contributed by atoms with Crippen molar-refractivity contribution in [1.82, 2.24) is 19.5 Å². The first-order valence-electron chi connectivity index (χ1n) is 22.3. The Kier molecular flexibility index (Phi) is 10.1. The largest absolute Gasteiger partial charge is 0.308 e. The van der Waals surface area contributed by atoms with E-state index in [0.29, 0.717) is 40.0 Å². The van der Waals surface area contributed by atoms with Crippen molar-refractivity contribution >= 4 is 64.7 Å². The van der Waals surface area contributed by atoms with Crippen LogP contribution in [0.2, 0.25) is 0 Å². The summed E-state index contributed by atoms with van der Waals surface area (Å²) in [4.78, 5) is 23.1. The Balaban J connectivity index is 1.20. The summed E-state index contributed by atoms with van der Waals surface area (Å²) >= 11 is 1.78. The van der Waals surface area contributed by atoms with Crippen LogP contribution in [0.5, 0.6) is 0 Å². The highest BCUT2D eigenvalue weighted by atomic mass is 32.1. The lowest BCUT2D eigenvalue weighted by Gasteiger charge is -2.17. The molecule has 0 saturated carbocycles. The smallest absolute Gasteiger partial charge is 0.189 e. The van der Waals surface area contributed by atoms with Crippen LogP contribution in [0.4, 0.5) is 11.4 Å². The first-order chi connectivity index (χ1) is 34.5. The molecule has 12 aromatic rings. The van der Waals surface area contributed by atoms with Crippen LogP contribution in [0.25, 0.3) is 125 Å². The van der Waals surface area contributed by atoms with Crippen molar-refractivity contribution in [3.8, 4) is 85.4 Å². The molecule has 0 radical (unpaired) electrons. The molecule has 0 fully saturated rings. The number of rotatable bonds is 7. The van der Waals surface area contributed by atoms with Crippen molar-refractivity contribution in [1.29, 1.82) is 10.5 Å². The van der Waals surface area contributed by atoms with Crippen molar-refractivity contribution in [2.24, 2.45) is 0 Å². The van der Waals surface area contributed by atoms with E-state index in [9.17, 15) is 10.5 Å². The molecule has 0 bridgehead atoms. The van der Waals surface area contributed by atoms with Crippen LogP contribution in [0.1, 0.15) is 11.1 Å². The molecule has 9 heteroatoms. The molecule has 0 aliphatic carbocycles. The summed E-state index contributed by atoms with van der Waals surface area (Å²) in [6, 6.07) is 68.8. The first-order valence-corrected chi connectivity index (χ1v) is 23.1. The summed E-state index contributed by atoms with van der Waals surface area (Å²) in [7, 11) is 0. The average Bonchev–Trinajstić information content (AvgIpc) is 3.98.